The van der Waals surface area contributed by atoms with Gasteiger partial charge in [0.15, 0.2) is 5.13 Å². The minimum Gasteiger partial charge on any atom is -0.378 e. The lowest BCUT2D eigenvalue weighted by atomic mass is 10.1. The summed E-state index contributed by atoms with van der Waals surface area (Å²) in [7, 11) is 0. The number of hydrogen-bond donors (Lipinski definition) is 2. The van der Waals surface area contributed by atoms with E-state index in [1.165, 1.54) is 23.5 Å². The van der Waals surface area contributed by atoms with Gasteiger partial charge in [-0.05, 0) is 12.1 Å². The molecule has 0 saturated carbocycles. The Labute approximate surface area is 186 Å². The molecular formula is C22H19N5O4S. The molecule has 32 heavy (non-hydrogen) atoms. The van der Waals surface area contributed by atoms with Crippen molar-refractivity contribution in [2.75, 3.05) is 36.5 Å². The highest BCUT2D eigenvalue weighted by molar-refractivity contribution is 7.14. The average molecular weight is 449 g/mol. The highest BCUT2D eigenvalue weighted by atomic mass is 32.1. The van der Waals surface area contributed by atoms with Crippen molar-refractivity contribution in [2.24, 2.45) is 0 Å². The summed E-state index contributed by atoms with van der Waals surface area (Å²) in [6.45, 7) is 2.30. The van der Waals surface area contributed by atoms with Gasteiger partial charge >= 0.3 is 0 Å². The van der Waals surface area contributed by atoms with Crippen LogP contribution in [-0.2, 0) is 4.74 Å². The van der Waals surface area contributed by atoms with Crippen LogP contribution in [0.5, 0.6) is 0 Å². The summed E-state index contributed by atoms with van der Waals surface area (Å²) in [4.78, 5) is 33.7. The number of ether oxygens (including phenoxy) is 1. The van der Waals surface area contributed by atoms with E-state index >= 15 is 0 Å². The predicted molar refractivity (Wildman–Crippen MR) is 123 cm³/mol. The van der Waals surface area contributed by atoms with E-state index in [0.717, 1.165) is 22.2 Å². The number of nitro groups is 1. The van der Waals surface area contributed by atoms with Gasteiger partial charge in [-0.2, -0.15) is 0 Å². The lowest BCUT2D eigenvalue weighted by Crippen LogP contribution is -2.37. The Hall–Kier alpha value is -3.76. The quantitative estimate of drug-likeness (QED) is 0.347. The number of carbonyl (C=O) groups excluding carboxylic acids is 1. The third-order valence-electron chi connectivity index (χ3n) is 5.38. The van der Waals surface area contributed by atoms with E-state index < -0.39 is 10.8 Å². The van der Waals surface area contributed by atoms with Crippen LogP contribution in [0.2, 0.25) is 0 Å². The van der Waals surface area contributed by atoms with Crippen LogP contribution in [-0.4, -0.2) is 47.1 Å². The molecule has 2 aromatic carbocycles. The third-order valence-corrected chi connectivity index (χ3v) is 6.13. The first kappa shape index (κ1) is 20.2. The van der Waals surface area contributed by atoms with Crippen LogP contribution >= 0.6 is 11.3 Å². The van der Waals surface area contributed by atoms with Crippen LogP contribution in [0.25, 0.3) is 22.2 Å². The number of aromatic nitrogens is 2. The van der Waals surface area contributed by atoms with Crippen molar-refractivity contribution in [1.82, 2.24) is 9.97 Å². The van der Waals surface area contributed by atoms with Gasteiger partial charge in [-0.1, -0.05) is 18.2 Å². The lowest BCUT2D eigenvalue weighted by Gasteiger charge is -2.30. The van der Waals surface area contributed by atoms with E-state index in [0.29, 0.717) is 37.1 Å². The number of carbonyl (C=O) groups is 1. The number of morpholine rings is 1. The number of benzene rings is 2. The summed E-state index contributed by atoms with van der Waals surface area (Å²) in [5.41, 5.74) is 3.45. The summed E-state index contributed by atoms with van der Waals surface area (Å²) in [5.74, 6) is -0.435. The summed E-state index contributed by atoms with van der Waals surface area (Å²) in [6.07, 6.45) is 1.89. The molecule has 1 aliphatic heterocycles. The van der Waals surface area contributed by atoms with Crippen molar-refractivity contribution in [3.63, 3.8) is 0 Å². The van der Waals surface area contributed by atoms with Gasteiger partial charge in [0.1, 0.15) is 0 Å². The van der Waals surface area contributed by atoms with Crippen LogP contribution < -0.4 is 10.2 Å². The van der Waals surface area contributed by atoms with Gasteiger partial charge in [-0.25, -0.2) is 4.98 Å². The van der Waals surface area contributed by atoms with Crippen molar-refractivity contribution in [3.05, 3.63) is 69.7 Å². The van der Waals surface area contributed by atoms with E-state index in [-0.39, 0.29) is 11.3 Å². The van der Waals surface area contributed by atoms with Crippen LogP contribution in [0.3, 0.4) is 0 Å². The Kier molecular flexibility index (Phi) is 5.29. The van der Waals surface area contributed by atoms with E-state index in [2.05, 4.69) is 15.3 Å². The predicted octanol–water partition coefficient (Wildman–Crippen LogP) is 4.29. The zero-order valence-corrected chi connectivity index (χ0v) is 17.7. The maximum absolute atomic E-state index is 13.1. The molecule has 0 radical (unpaired) electrons. The summed E-state index contributed by atoms with van der Waals surface area (Å²) >= 11 is 1.31. The van der Waals surface area contributed by atoms with Crippen molar-refractivity contribution in [3.8, 4) is 11.3 Å². The Bertz CT molecular complexity index is 1310. The number of aromatic amines is 1. The summed E-state index contributed by atoms with van der Waals surface area (Å²) < 4.78 is 5.39. The molecule has 1 amide bonds. The van der Waals surface area contributed by atoms with Gasteiger partial charge in [-0.15, -0.1) is 11.3 Å². The number of nitrogens with zero attached hydrogens (tertiary/aromatic N) is 3. The molecule has 4 aromatic rings. The molecule has 0 unspecified atom stereocenters. The molecule has 9 nitrogen and oxygen atoms in total. The third kappa shape index (κ3) is 3.81. The van der Waals surface area contributed by atoms with Crippen LogP contribution in [0.15, 0.2) is 54.0 Å². The number of nitro benzene ring substituents is 1. The van der Waals surface area contributed by atoms with Gasteiger partial charge < -0.3 is 14.6 Å². The summed E-state index contributed by atoms with van der Waals surface area (Å²) in [5, 5.41) is 17.5. The number of nitrogens with one attached hydrogen (secondary N) is 2. The Morgan fingerprint density at radius 3 is 2.84 bits per heavy atom. The van der Waals surface area contributed by atoms with Crippen molar-refractivity contribution in [1.29, 1.82) is 0 Å². The molecule has 2 aromatic heterocycles. The van der Waals surface area contributed by atoms with Gasteiger partial charge in [-0.3, -0.25) is 20.2 Å². The Morgan fingerprint density at radius 2 is 2.03 bits per heavy atom. The smallest absolute Gasteiger partial charge is 0.270 e. The fourth-order valence-corrected chi connectivity index (χ4v) is 4.51. The average Bonchev–Trinajstić information content (AvgIpc) is 3.46. The first-order valence-corrected chi connectivity index (χ1v) is 10.9. The molecule has 0 aliphatic carbocycles. The van der Waals surface area contributed by atoms with E-state index in [1.54, 1.807) is 6.07 Å². The molecular weight excluding hydrogens is 430 g/mol. The first-order chi connectivity index (χ1) is 15.6. The molecule has 162 valence electrons. The van der Waals surface area contributed by atoms with Crippen molar-refractivity contribution >= 4 is 44.7 Å². The van der Waals surface area contributed by atoms with Crippen molar-refractivity contribution < 1.29 is 14.5 Å². The van der Waals surface area contributed by atoms with E-state index in [1.807, 2.05) is 40.7 Å². The Balaban J connectivity index is 1.43. The maximum Gasteiger partial charge on any atom is 0.270 e. The fourth-order valence-electron chi connectivity index (χ4n) is 3.80. The van der Waals surface area contributed by atoms with Crippen LogP contribution in [0, 0.1) is 10.1 Å². The second-order valence-electron chi connectivity index (χ2n) is 7.30. The molecule has 3 heterocycles. The highest BCUT2D eigenvalue weighted by Gasteiger charge is 2.23. The second-order valence-corrected chi connectivity index (χ2v) is 8.16. The number of amides is 1. The zero-order chi connectivity index (χ0) is 22.1. The number of thiazole rings is 1. The number of H-pyrrole nitrogens is 1. The normalized spacial score (nSPS) is 13.9. The lowest BCUT2D eigenvalue weighted by molar-refractivity contribution is -0.384. The van der Waals surface area contributed by atoms with Gasteiger partial charge in [0.05, 0.1) is 35.1 Å². The van der Waals surface area contributed by atoms with Crippen LogP contribution in [0.4, 0.5) is 16.5 Å². The minimum absolute atomic E-state index is 0.134. The van der Waals surface area contributed by atoms with Gasteiger partial charge in [0, 0.05) is 53.3 Å². The number of para-hydroxylation sites is 1. The molecule has 0 atom stereocenters. The molecule has 1 saturated heterocycles. The second kappa shape index (κ2) is 8.40. The van der Waals surface area contributed by atoms with E-state index in [4.69, 9.17) is 4.74 Å². The standard InChI is InChI=1S/C22H19N5O4S/c28-21(16-11-14(27(29)30)5-6-20(16)26-7-9-31-10-8-26)25-22-24-19(13-32-22)17-12-23-18-4-2-1-3-15(17)18/h1-6,11-13,23H,7-10H2,(H,24,25,28). The van der Waals surface area contributed by atoms with Gasteiger partial charge in [0.2, 0.25) is 0 Å². The molecule has 5 rings (SSSR count). The molecule has 2 N–H and O–H groups in total. The number of non-ortho nitro benzene ring substituents is 1. The maximum atomic E-state index is 13.1. The van der Waals surface area contributed by atoms with Crippen LogP contribution in [0.1, 0.15) is 10.4 Å². The largest absolute Gasteiger partial charge is 0.378 e. The summed E-state index contributed by atoms with van der Waals surface area (Å²) in [6, 6.07) is 12.3. The zero-order valence-electron chi connectivity index (χ0n) is 16.9. The monoisotopic (exact) mass is 449 g/mol. The SMILES string of the molecule is O=C(Nc1nc(-c2c[nH]c3ccccc23)cs1)c1cc([N+](=O)[O-])ccc1N1CCOCC1. The molecule has 10 heteroatoms. The Morgan fingerprint density at radius 1 is 1.22 bits per heavy atom. The van der Waals surface area contributed by atoms with Gasteiger partial charge in [0.25, 0.3) is 11.6 Å². The molecule has 0 bridgehead atoms. The number of anilines is 2. The molecule has 1 fully saturated rings. The number of hydrogen-bond acceptors (Lipinski definition) is 7. The number of fused-ring (bicyclic) bond motifs is 1. The minimum atomic E-state index is -0.502. The first-order valence-electron chi connectivity index (χ1n) is 10.0. The highest BCUT2D eigenvalue weighted by Crippen LogP contribution is 2.32. The number of rotatable bonds is 5. The van der Waals surface area contributed by atoms with E-state index in [9.17, 15) is 14.9 Å². The van der Waals surface area contributed by atoms with Crippen molar-refractivity contribution in [2.45, 2.75) is 0 Å². The molecule has 0 spiro atoms. The fraction of sp³-hybridized carbons (Fsp3) is 0.182. The topological polar surface area (TPSA) is 113 Å². The molecule has 1 aliphatic rings.